The van der Waals surface area contributed by atoms with Crippen molar-refractivity contribution in [3.8, 4) is 0 Å². The Hall–Kier alpha value is -0.610. The first-order valence-electron chi connectivity index (χ1n) is 5.35. The summed E-state index contributed by atoms with van der Waals surface area (Å²) in [5, 5.41) is 9.16. The average Bonchev–Trinajstić information content (AvgIpc) is 2.29. The van der Waals surface area contributed by atoms with Gasteiger partial charge in [-0.2, -0.15) is 0 Å². The van der Waals surface area contributed by atoms with Gasteiger partial charge in [0.1, 0.15) is 0 Å². The Labute approximate surface area is 111 Å². The van der Waals surface area contributed by atoms with E-state index in [1.165, 1.54) is 9.79 Å². The van der Waals surface area contributed by atoms with Gasteiger partial charge in [-0.3, -0.25) is 4.79 Å². The summed E-state index contributed by atoms with van der Waals surface area (Å²) in [5.41, 5.74) is 0.397. The molecule has 0 aliphatic rings. The summed E-state index contributed by atoms with van der Waals surface area (Å²) in [4.78, 5) is 13.5. The first-order chi connectivity index (χ1) is 7.90. The van der Waals surface area contributed by atoms with E-state index in [1.807, 2.05) is 18.6 Å². The molecule has 0 heterocycles. The van der Waals surface area contributed by atoms with E-state index in [-0.39, 0.29) is 0 Å². The highest BCUT2D eigenvalue weighted by Crippen LogP contribution is 2.31. The summed E-state index contributed by atoms with van der Waals surface area (Å²) in [7, 11) is 0. The second-order valence-corrected chi connectivity index (χ2v) is 6.27. The quantitative estimate of drug-likeness (QED) is 0.826. The van der Waals surface area contributed by atoms with Crippen molar-refractivity contribution in [3.63, 3.8) is 0 Å². The highest BCUT2D eigenvalue weighted by molar-refractivity contribution is 7.99. The molecule has 0 unspecified atom stereocenters. The van der Waals surface area contributed by atoms with E-state index in [2.05, 4.69) is 12.1 Å². The van der Waals surface area contributed by atoms with Crippen LogP contribution in [0.15, 0.2) is 28.0 Å². The van der Waals surface area contributed by atoms with Crippen molar-refractivity contribution >= 4 is 29.5 Å². The summed E-state index contributed by atoms with van der Waals surface area (Å²) >= 11 is 3.37. The lowest BCUT2D eigenvalue weighted by molar-refractivity contribution is -0.146. The molecule has 0 atom stereocenters. The van der Waals surface area contributed by atoms with E-state index < -0.39 is 11.4 Å². The van der Waals surface area contributed by atoms with Gasteiger partial charge in [0.25, 0.3) is 0 Å². The second-order valence-electron chi connectivity index (χ2n) is 4.54. The molecule has 0 aromatic heterocycles. The fourth-order valence-electron chi connectivity index (χ4n) is 1.55. The van der Waals surface area contributed by atoms with Crippen LogP contribution < -0.4 is 0 Å². The number of aliphatic carboxylic acids is 1. The van der Waals surface area contributed by atoms with Crippen LogP contribution in [0.25, 0.3) is 0 Å². The summed E-state index contributed by atoms with van der Waals surface area (Å²) in [6.45, 7) is 3.53. The summed E-state index contributed by atoms with van der Waals surface area (Å²) < 4.78 is 0. The molecule has 0 aliphatic carbocycles. The molecule has 0 spiro atoms. The normalized spacial score (nSPS) is 11.5. The lowest BCUT2D eigenvalue weighted by Gasteiger charge is -2.20. The Morgan fingerprint density at radius 3 is 2.41 bits per heavy atom. The molecule has 1 aromatic carbocycles. The molecule has 17 heavy (non-hydrogen) atoms. The number of hydrogen-bond acceptors (Lipinski definition) is 3. The molecule has 0 amide bonds. The SMILES string of the molecule is CSc1ccc(CC(C)(C)C(=O)O)c(SC)c1. The molecular formula is C13H18O2S2. The van der Waals surface area contributed by atoms with Gasteiger partial charge >= 0.3 is 5.97 Å². The molecule has 4 heteroatoms. The van der Waals surface area contributed by atoms with Crippen LogP contribution in [0, 0.1) is 5.41 Å². The van der Waals surface area contributed by atoms with Gasteiger partial charge in [0.2, 0.25) is 0 Å². The highest BCUT2D eigenvalue weighted by Gasteiger charge is 2.28. The Bertz CT molecular complexity index is 414. The Kier molecular flexibility index (Phi) is 4.95. The van der Waals surface area contributed by atoms with Gasteiger partial charge in [-0.25, -0.2) is 0 Å². The molecular weight excluding hydrogens is 252 g/mol. The predicted octanol–water partition coefficient (Wildman–Crippen LogP) is 3.78. The molecule has 1 N–H and O–H groups in total. The standard InChI is InChI=1S/C13H18O2S2/c1-13(2,12(14)15)8-9-5-6-10(16-3)7-11(9)17-4/h5-7H,8H2,1-4H3,(H,14,15). The van der Waals surface area contributed by atoms with Crippen molar-refractivity contribution in [2.24, 2.45) is 5.41 Å². The fourth-order valence-corrected chi connectivity index (χ4v) is 2.71. The van der Waals surface area contributed by atoms with Crippen LogP contribution in [0.2, 0.25) is 0 Å². The first kappa shape index (κ1) is 14.5. The summed E-state index contributed by atoms with van der Waals surface area (Å²) in [5.74, 6) is -0.751. The molecule has 1 rings (SSSR count). The van der Waals surface area contributed by atoms with Crippen LogP contribution in [-0.2, 0) is 11.2 Å². The maximum Gasteiger partial charge on any atom is 0.309 e. The molecule has 0 fully saturated rings. The zero-order valence-electron chi connectivity index (χ0n) is 10.6. The smallest absolute Gasteiger partial charge is 0.309 e. The molecule has 0 aliphatic heterocycles. The van der Waals surface area contributed by atoms with Gasteiger partial charge < -0.3 is 5.11 Å². The third kappa shape index (κ3) is 3.68. The van der Waals surface area contributed by atoms with Crippen LogP contribution in [0.1, 0.15) is 19.4 Å². The van der Waals surface area contributed by atoms with Crippen molar-refractivity contribution in [2.45, 2.75) is 30.1 Å². The Morgan fingerprint density at radius 1 is 1.29 bits per heavy atom. The van der Waals surface area contributed by atoms with Crippen LogP contribution in [-0.4, -0.2) is 23.6 Å². The van der Waals surface area contributed by atoms with Crippen molar-refractivity contribution in [3.05, 3.63) is 23.8 Å². The summed E-state index contributed by atoms with van der Waals surface area (Å²) in [6, 6.07) is 6.22. The minimum Gasteiger partial charge on any atom is -0.481 e. The minimum absolute atomic E-state index is 0.563. The van der Waals surface area contributed by atoms with Crippen LogP contribution in [0.3, 0.4) is 0 Å². The predicted molar refractivity (Wildman–Crippen MR) is 75.1 cm³/mol. The molecule has 0 bridgehead atoms. The maximum absolute atomic E-state index is 11.1. The second kappa shape index (κ2) is 5.83. The molecule has 94 valence electrons. The largest absolute Gasteiger partial charge is 0.481 e. The Balaban J connectivity index is 3.02. The minimum atomic E-state index is -0.751. The zero-order valence-corrected chi connectivity index (χ0v) is 12.2. The van der Waals surface area contributed by atoms with Gasteiger partial charge in [-0.15, -0.1) is 23.5 Å². The average molecular weight is 270 g/mol. The lowest BCUT2D eigenvalue weighted by atomic mass is 9.86. The van der Waals surface area contributed by atoms with Crippen LogP contribution in [0.5, 0.6) is 0 Å². The fraction of sp³-hybridized carbons (Fsp3) is 0.462. The van der Waals surface area contributed by atoms with E-state index in [0.717, 1.165) is 5.56 Å². The number of carbonyl (C=O) groups is 1. The molecule has 0 saturated carbocycles. The number of carboxylic acids is 1. The number of carboxylic acid groups (broad SMARTS) is 1. The molecule has 1 aromatic rings. The third-order valence-electron chi connectivity index (χ3n) is 2.71. The Morgan fingerprint density at radius 2 is 1.94 bits per heavy atom. The topological polar surface area (TPSA) is 37.3 Å². The summed E-state index contributed by atoms with van der Waals surface area (Å²) in [6.07, 6.45) is 4.63. The van der Waals surface area contributed by atoms with Gasteiger partial charge in [-0.1, -0.05) is 6.07 Å². The van der Waals surface area contributed by atoms with Crippen molar-refractivity contribution in [1.82, 2.24) is 0 Å². The maximum atomic E-state index is 11.1. The third-order valence-corrected chi connectivity index (χ3v) is 4.25. The molecule has 0 saturated heterocycles. The van der Waals surface area contributed by atoms with E-state index in [1.54, 1.807) is 37.4 Å². The van der Waals surface area contributed by atoms with Crippen LogP contribution >= 0.6 is 23.5 Å². The number of thioether (sulfide) groups is 2. The first-order valence-corrected chi connectivity index (χ1v) is 7.80. The van der Waals surface area contributed by atoms with Crippen molar-refractivity contribution < 1.29 is 9.90 Å². The van der Waals surface area contributed by atoms with E-state index >= 15 is 0 Å². The van der Waals surface area contributed by atoms with Gasteiger partial charge in [0.05, 0.1) is 5.41 Å². The molecule has 0 radical (unpaired) electrons. The van der Waals surface area contributed by atoms with E-state index in [9.17, 15) is 4.79 Å². The zero-order chi connectivity index (χ0) is 13.1. The lowest BCUT2D eigenvalue weighted by Crippen LogP contribution is -2.26. The number of hydrogen-bond donors (Lipinski definition) is 1. The van der Waals surface area contributed by atoms with Crippen molar-refractivity contribution in [2.75, 3.05) is 12.5 Å². The number of rotatable bonds is 5. The van der Waals surface area contributed by atoms with Gasteiger partial charge in [-0.05, 0) is 50.5 Å². The van der Waals surface area contributed by atoms with E-state index in [0.29, 0.717) is 6.42 Å². The van der Waals surface area contributed by atoms with Crippen LogP contribution in [0.4, 0.5) is 0 Å². The molecule has 2 nitrogen and oxygen atoms in total. The van der Waals surface area contributed by atoms with Gasteiger partial charge in [0.15, 0.2) is 0 Å². The monoisotopic (exact) mass is 270 g/mol. The van der Waals surface area contributed by atoms with Crippen molar-refractivity contribution in [1.29, 1.82) is 0 Å². The number of benzene rings is 1. The highest BCUT2D eigenvalue weighted by atomic mass is 32.2. The van der Waals surface area contributed by atoms with Gasteiger partial charge in [0, 0.05) is 9.79 Å². The van der Waals surface area contributed by atoms with E-state index in [4.69, 9.17) is 5.11 Å².